The number of amides is 2. The molecule has 1 aliphatic rings. The van der Waals surface area contributed by atoms with Crippen molar-refractivity contribution >= 4 is 28.8 Å². The van der Waals surface area contributed by atoms with Crippen molar-refractivity contribution in [1.29, 1.82) is 0 Å². The molecule has 0 bridgehead atoms. The van der Waals surface area contributed by atoms with E-state index in [0.717, 1.165) is 33.9 Å². The molecule has 2 heterocycles. The van der Waals surface area contributed by atoms with Crippen LogP contribution in [-0.2, 0) is 24.2 Å². The standard InChI is InChI=1S/C23H22N2O3S/c1-28-20-5-2-4-16(12-20)13-22(26)24-19-8-7-17-9-10-25(15-18(17)14-19)23(27)21-6-3-11-29-21/h2-8,11-12,14H,9-10,13,15H2,1H3,(H,24,26). The number of rotatable bonds is 5. The zero-order valence-corrected chi connectivity index (χ0v) is 17.0. The Hall–Kier alpha value is -3.12. The van der Waals surface area contributed by atoms with Gasteiger partial charge < -0.3 is 15.0 Å². The Kier molecular flexibility index (Phi) is 5.62. The van der Waals surface area contributed by atoms with Gasteiger partial charge in [0.15, 0.2) is 0 Å². The molecule has 4 rings (SSSR count). The molecule has 3 aromatic rings. The third-order valence-corrected chi connectivity index (χ3v) is 5.88. The molecule has 1 N–H and O–H groups in total. The second kappa shape index (κ2) is 8.49. The Morgan fingerprint density at radius 1 is 1.10 bits per heavy atom. The molecule has 1 aliphatic heterocycles. The van der Waals surface area contributed by atoms with Gasteiger partial charge in [0.05, 0.1) is 18.4 Å². The molecule has 0 saturated carbocycles. The van der Waals surface area contributed by atoms with E-state index in [4.69, 9.17) is 4.74 Å². The third kappa shape index (κ3) is 4.49. The number of nitrogens with zero attached hydrogens (tertiary/aromatic N) is 1. The monoisotopic (exact) mass is 406 g/mol. The van der Waals surface area contributed by atoms with E-state index in [1.54, 1.807) is 7.11 Å². The zero-order valence-electron chi connectivity index (χ0n) is 16.2. The van der Waals surface area contributed by atoms with E-state index in [1.165, 1.54) is 16.9 Å². The van der Waals surface area contributed by atoms with E-state index in [-0.39, 0.29) is 18.2 Å². The topological polar surface area (TPSA) is 58.6 Å². The molecule has 0 unspecified atom stereocenters. The van der Waals surface area contributed by atoms with Crippen molar-refractivity contribution in [3.8, 4) is 5.75 Å². The first-order chi connectivity index (χ1) is 14.1. The van der Waals surface area contributed by atoms with Crippen molar-refractivity contribution in [2.24, 2.45) is 0 Å². The highest BCUT2D eigenvalue weighted by molar-refractivity contribution is 7.12. The fourth-order valence-corrected chi connectivity index (χ4v) is 4.23. The molecule has 6 heteroatoms. The summed E-state index contributed by atoms with van der Waals surface area (Å²) in [7, 11) is 1.61. The molecule has 0 fully saturated rings. The van der Waals surface area contributed by atoms with Gasteiger partial charge in [0.2, 0.25) is 5.91 Å². The highest BCUT2D eigenvalue weighted by atomic mass is 32.1. The zero-order chi connectivity index (χ0) is 20.2. The minimum absolute atomic E-state index is 0.0677. The predicted octanol–water partition coefficient (Wildman–Crippen LogP) is 4.14. The molecule has 29 heavy (non-hydrogen) atoms. The maximum Gasteiger partial charge on any atom is 0.264 e. The highest BCUT2D eigenvalue weighted by Gasteiger charge is 2.22. The van der Waals surface area contributed by atoms with Crippen molar-refractivity contribution in [3.05, 3.63) is 81.5 Å². The van der Waals surface area contributed by atoms with Crippen LogP contribution in [0.4, 0.5) is 5.69 Å². The van der Waals surface area contributed by atoms with E-state index < -0.39 is 0 Å². The number of fused-ring (bicyclic) bond motifs is 1. The second-order valence-corrected chi connectivity index (χ2v) is 7.96. The van der Waals surface area contributed by atoms with Crippen LogP contribution in [0.25, 0.3) is 0 Å². The average Bonchev–Trinajstić information content (AvgIpc) is 3.27. The molecule has 0 radical (unpaired) electrons. The Morgan fingerprint density at radius 3 is 2.79 bits per heavy atom. The van der Waals surface area contributed by atoms with Gasteiger partial charge in [-0.25, -0.2) is 0 Å². The minimum atomic E-state index is -0.0828. The summed E-state index contributed by atoms with van der Waals surface area (Å²) < 4.78 is 5.21. The summed E-state index contributed by atoms with van der Waals surface area (Å²) in [4.78, 5) is 27.7. The Labute approximate surface area is 173 Å². The Balaban J connectivity index is 1.43. The minimum Gasteiger partial charge on any atom is -0.497 e. The van der Waals surface area contributed by atoms with Gasteiger partial charge in [0, 0.05) is 18.8 Å². The Morgan fingerprint density at radius 2 is 2.00 bits per heavy atom. The molecular weight excluding hydrogens is 384 g/mol. The normalized spacial score (nSPS) is 12.9. The Bertz CT molecular complexity index is 1030. The van der Waals surface area contributed by atoms with Gasteiger partial charge in [0.25, 0.3) is 5.91 Å². The molecular formula is C23H22N2O3S. The summed E-state index contributed by atoms with van der Waals surface area (Å²) in [6, 6.07) is 17.2. The molecule has 1 aromatic heterocycles. The molecule has 0 atom stereocenters. The summed E-state index contributed by atoms with van der Waals surface area (Å²) >= 11 is 1.46. The number of methoxy groups -OCH3 is 1. The number of carbonyl (C=O) groups is 2. The predicted molar refractivity (Wildman–Crippen MR) is 115 cm³/mol. The first kappa shape index (κ1) is 19.2. The lowest BCUT2D eigenvalue weighted by molar-refractivity contribution is -0.115. The molecule has 0 saturated heterocycles. The van der Waals surface area contributed by atoms with E-state index >= 15 is 0 Å². The van der Waals surface area contributed by atoms with Gasteiger partial charge in [-0.05, 0) is 58.8 Å². The fourth-order valence-electron chi connectivity index (χ4n) is 3.54. The summed E-state index contributed by atoms with van der Waals surface area (Å²) in [6.07, 6.45) is 1.10. The van der Waals surface area contributed by atoms with Gasteiger partial charge in [-0.3, -0.25) is 9.59 Å². The summed E-state index contributed by atoms with van der Waals surface area (Å²) in [5.74, 6) is 0.721. The van der Waals surface area contributed by atoms with Crippen molar-refractivity contribution in [2.75, 3.05) is 19.0 Å². The van der Waals surface area contributed by atoms with E-state index in [2.05, 4.69) is 5.32 Å². The smallest absolute Gasteiger partial charge is 0.264 e. The number of carbonyl (C=O) groups excluding carboxylic acids is 2. The summed E-state index contributed by atoms with van der Waals surface area (Å²) in [5, 5.41) is 4.89. The summed E-state index contributed by atoms with van der Waals surface area (Å²) in [6.45, 7) is 1.27. The number of hydrogen-bond acceptors (Lipinski definition) is 4. The van der Waals surface area contributed by atoms with Crippen LogP contribution in [0.3, 0.4) is 0 Å². The van der Waals surface area contributed by atoms with Crippen LogP contribution in [-0.4, -0.2) is 30.4 Å². The molecule has 148 valence electrons. The number of anilines is 1. The van der Waals surface area contributed by atoms with Crippen LogP contribution >= 0.6 is 11.3 Å². The van der Waals surface area contributed by atoms with E-state index in [1.807, 2.05) is 64.9 Å². The molecule has 2 aromatic carbocycles. The number of nitrogens with one attached hydrogen (secondary N) is 1. The van der Waals surface area contributed by atoms with Crippen LogP contribution in [0.1, 0.15) is 26.4 Å². The maximum atomic E-state index is 12.6. The fraction of sp³-hybridized carbons (Fsp3) is 0.217. The van der Waals surface area contributed by atoms with Crippen LogP contribution in [0.2, 0.25) is 0 Å². The van der Waals surface area contributed by atoms with Crippen molar-refractivity contribution in [3.63, 3.8) is 0 Å². The number of hydrogen-bond donors (Lipinski definition) is 1. The van der Waals surface area contributed by atoms with Crippen LogP contribution in [0.5, 0.6) is 5.75 Å². The quantitative estimate of drug-likeness (QED) is 0.693. The van der Waals surface area contributed by atoms with Crippen LogP contribution in [0.15, 0.2) is 60.0 Å². The third-order valence-electron chi connectivity index (χ3n) is 5.02. The van der Waals surface area contributed by atoms with Gasteiger partial charge in [0.1, 0.15) is 5.75 Å². The lowest BCUT2D eigenvalue weighted by Gasteiger charge is -2.29. The number of ether oxygens (including phenoxy) is 1. The van der Waals surface area contributed by atoms with E-state index in [0.29, 0.717) is 13.1 Å². The highest BCUT2D eigenvalue weighted by Crippen LogP contribution is 2.25. The van der Waals surface area contributed by atoms with Crippen LogP contribution < -0.4 is 10.1 Å². The molecule has 0 spiro atoms. The largest absolute Gasteiger partial charge is 0.497 e. The maximum absolute atomic E-state index is 12.6. The van der Waals surface area contributed by atoms with Gasteiger partial charge in [-0.1, -0.05) is 24.3 Å². The second-order valence-electron chi connectivity index (χ2n) is 7.01. The first-order valence-corrected chi connectivity index (χ1v) is 10.4. The average molecular weight is 407 g/mol. The van der Waals surface area contributed by atoms with Crippen molar-refractivity contribution < 1.29 is 14.3 Å². The molecule has 5 nitrogen and oxygen atoms in total. The summed E-state index contributed by atoms with van der Waals surface area (Å²) in [5.41, 5.74) is 3.96. The van der Waals surface area contributed by atoms with Gasteiger partial charge in [-0.2, -0.15) is 0 Å². The number of benzene rings is 2. The molecule has 0 aliphatic carbocycles. The van der Waals surface area contributed by atoms with Crippen molar-refractivity contribution in [2.45, 2.75) is 19.4 Å². The first-order valence-electron chi connectivity index (χ1n) is 9.50. The van der Waals surface area contributed by atoms with E-state index in [9.17, 15) is 9.59 Å². The number of thiophene rings is 1. The van der Waals surface area contributed by atoms with Gasteiger partial charge in [-0.15, -0.1) is 11.3 Å². The SMILES string of the molecule is COc1cccc(CC(=O)Nc2ccc3c(c2)CN(C(=O)c2cccs2)CC3)c1. The lowest BCUT2D eigenvalue weighted by atomic mass is 9.98. The van der Waals surface area contributed by atoms with Crippen molar-refractivity contribution in [1.82, 2.24) is 4.90 Å². The molecule has 2 amide bonds. The van der Waals surface area contributed by atoms with Gasteiger partial charge >= 0.3 is 0 Å². The lowest BCUT2D eigenvalue weighted by Crippen LogP contribution is -2.35. The van der Waals surface area contributed by atoms with Crippen LogP contribution in [0, 0.1) is 0 Å².